The van der Waals surface area contributed by atoms with Crippen LogP contribution in [0.25, 0.3) is 0 Å². The Hall–Kier alpha value is -1.00. The molecule has 0 aliphatic carbocycles. The van der Waals surface area contributed by atoms with E-state index in [1.54, 1.807) is 18.0 Å². The lowest BCUT2D eigenvalue weighted by atomic mass is 10.2. The third-order valence-corrected chi connectivity index (χ3v) is 3.58. The van der Waals surface area contributed by atoms with E-state index in [2.05, 4.69) is 56.8 Å². The average molecular weight is 309 g/mol. The molecule has 17 heavy (non-hydrogen) atoms. The van der Waals surface area contributed by atoms with Crippen molar-refractivity contribution in [3.05, 3.63) is 52.8 Å². The van der Waals surface area contributed by atoms with E-state index in [0.717, 1.165) is 16.6 Å². The van der Waals surface area contributed by atoms with Crippen molar-refractivity contribution < 1.29 is 0 Å². The Bertz CT molecular complexity index is 502. The lowest BCUT2D eigenvalue weighted by molar-refractivity contribution is 1.09. The highest BCUT2D eigenvalue weighted by Gasteiger charge is 2.00. The summed E-state index contributed by atoms with van der Waals surface area (Å²) in [7, 11) is 0. The van der Waals surface area contributed by atoms with Crippen LogP contribution >= 0.6 is 27.7 Å². The molecule has 0 amide bonds. The molecule has 0 aliphatic heterocycles. The summed E-state index contributed by atoms with van der Waals surface area (Å²) in [4.78, 5) is 5.41. The smallest absolute Gasteiger partial charge is 0.0480 e. The minimum Gasteiger partial charge on any atom is -0.380 e. The Morgan fingerprint density at radius 3 is 2.88 bits per heavy atom. The van der Waals surface area contributed by atoms with Crippen LogP contribution in [0, 0.1) is 0 Å². The fourth-order valence-corrected chi connectivity index (χ4v) is 2.53. The van der Waals surface area contributed by atoms with Crippen LogP contribution in [0.1, 0.15) is 5.56 Å². The van der Waals surface area contributed by atoms with Gasteiger partial charge in [0.25, 0.3) is 0 Å². The summed E-state index contributed by atoms with van der Waals surface area (Å²) in [5.41, 5.74) is 2.33. The van der Waals surface area contributed by atoms with E-state index in [9.17, 15) is 0 Å². The van der Waals surface area contributed by atoms with E-state index in [1.165, 1.54) is 10.6 Å². The number of rotatable bonds is 4. The van der Waals surface area contributed by atoms with Crippen molar-refractivity contribution in [2.75, 3.05) is 11.6 Å². The van der Waals surface area contributed by atoms with E-state index in [1.807, 2.05) is 12.3 Å². The first kappa shape index (κ1) is 12.5. The van der Waals surface area contributed by atoms with Crippen LogP contribution in [0.4, 0.5) is 5.69 Å². The van der Waals surface area contributed by atoms with Crippen molar-refractivity contribution in [3.8, 4) is 0 Å². The fraction of sp³-hybridized carbons (Fsp3) is 0.154. The van der Waals surface area contributed by atoms with Gasteiger partial charge in [-0.3, -0.25) is 4.98 Å². The van der Waals surface area contributed by atoms with Crippen molar-refractivity contribution in [2.24, 2.45) is 0 Å². The number of hydrogen-bond acceptors (Lipinski definition) is 3. The quantitative estimate of drug-likeness (QED) is 0.858. The third-order valence-electron chi connectivity index (χ3n) is 2.35. The third kappa shape index (κ3) is 3.48. The monoisotopic (exact) mass is 308 g/mol. The molecule has 0 spiro atoms. The number of pyridine rings is 1. The number of nitrogens with zero attached hydrogens (tertiary/aromatic N) is 1. The fourth-order valence-electron chi connectivity index (χ4n) is 1.54. The van der Waals surface area contributed by atoms with Gasteiger partial charge in [-0.1, -0.05) is 12.1 Å². The molecule has 88 valence electrons. The molecule has 1 N–H and O–H groups in total. The van der Waals surface area contributed by atoms with Crippen LogP contribution in [0.5, 0.6) is 0 Å². The van der Waals surface area contributed by atoms with Crippen molar-refractivity contribution in [1.82, 2.24) is 4.98 Å². The van der Waals surface area contributed by atoms with Gasteiger partial charge in [0.1, 0.15) is 0 Å². The second-order valence-corrected chi connectivity index (χ2v) is 5.33. The highest BCUT2D eigenvalue weighted by molar-refractivity contribution is 9.10. The minimum absolute atomic E-state index is 0.782. The lowest BCUT2D eigenvalue weighted by Crippen LogP contribution is -2.00. The second kappa shape index (κ2) is 6.07. The largest absolute Gasteiger partial charge is 0.380 e. The van der Waals surface area contributed by atoms with Crippen LogP contribution in [0.3, 0.4) is 0 Å². The van der Waals surface area contributed by atoms with Gasteiger partial charge >= 0.3 is 0 Å². The van der Waals surface area contributed by atoms with Crippen LogP contribution in [0.2, 0.25) is 0 Å². The second-order valence-electron chi connectivity index (χ2n) is 3.57. The number of hydrogen-bond donors (Lipinski definition) is 1. The summed E-state index contributed by atoms with van der Waals surface area (Å²) in [5.74, 6) is 0. The maximum Gasteiger partial charge on any atom is 0.0480 e. The molecule has 0 unspecified atom stereocenters. The topological polar surface area (TPSA) is 24.9 Å². The molecule has 0 bridgehead atoms. The van der Waals surface area contributed by atoms with E-state index in [4.69, 9.17) is 0 Å². The van der Waals surface area contributed by atoms with Crippen molar-refractivity contribution >= 4 is 33.4 Å². The molecule has 0 saturated heterocycles. The summed E-state index contributed by atoms with van der Waals surface area (Å²) >= 11 is 5.17. The van der Waals surface area contributed by atoms with Gasteiger partial charge in [0.2, 0.25) is 0 Å². The Kier molecular flexibility index (Phi) is 4.45. The van der Waals surface area contributed by atoms with Gasteiger partial charge in [-0.05, 0) is 45.9 Å². The number of anilines is 1. The number of para-hydroxylation sites is 1. The summed E-state index contributed by atoms with van der Waals surface area (Å²) in [6.45, 7) is 0.782. The van der Waals surface area contributed by atoms with Crippen LogP contribution in [-0.2, 0) is 6.54 Å². The molecule has 2 rings (SSSR count). The zero-order valence-corrected chi connectivity index (χ0v) is 11.9. The average Bonchev–Trinajstić information content (AvgIpc) is 2.37. The summed E-state index contributed by atoms with van der Waals surface area (Å²) in [5, 5.41) is 3.43. The number of nitrogens with one attached hydrogen (secondary N) is 1. The molecule has 4 heteroatoms. The van der Waals surface area contributed by atoms with Gasteiger partial charge < -0.3 is 5.32 Å². The SMILES string of the molecule is CSc1ccccc1NCc1cncc(Br)c1. The Morgan fingerprint density at radius 2 is 2.12 bits per heavy atom. The van der Waals surface area contributed by atoms with Crippen LogP contribution < -0.4 is 5.32 Å². The summed E-state index contributed by atoms with van der Waals surface area (Å²) in [6.07, 6.45) is 5.75. The molecule has 1 aromatic carbocycles. The van der Waals surface area contributed by atoms with Crippen molar-refractivity contribution in [3.63, 3.8) is 0 Å². The number of thioether (sulfide) groups is 1. The molecule has 1 aromatic heterocycles. The van der Waals surface area contributed by atoms with Gasteiger partial charge in [0, 0.05) is 34.0 Å². The first-order valence-electron chi connectivity index (χ1n) is 5.26. The molecule has 2 aromatic rings. The lowest BCUT2D eigenvalue weighted by Gasteiger charge is -2.10. The van der Waals surface area contributed by atoms with Crippen LogP contribution in [0.15, 0.2) is 52.1 Å². The van der Waals surface area contributed by atoms with E-state index in [-0.39, 0.29) is 0 Å². The zero-order valence-electron chi connectivity index (χ0n) is 9.48. The zero-order chi connectivity index (χ0) is 12.1. The van der Waals surface area contributed by atoms with Crippen LogP contribution in [-0.4, -0.2) is 11.2 Å². The summed E-state index contributed by atoms with van der Waals surface area (Å²) in [6, 6.07) is 10.4. The van der Waals surface area contributed by atoms with Gasteiger partial charge in [-0.15, -0.1) is 11.8 Å². The van der Waals surface area contributed by atoms with E-state index < -0.39 is 0 Å². The number of aromatic nitrogens is 1. The number of benzene rings is 1. The minimum atomic E-state index is 0.782. The first-order chi connectivity index (χ1) is 8.29. The standard InChI is InChI=1S/C13H13BrN2S/c1-17-13-5-3-2-4-12(13)16-8-10-6-11(14)9-15-7-10/h2-7,9,16H,8H2,1H3. The molecular formula is C13H13BrN2S. The molecule has 0 saturated carbocycles. The Morgan fingerprint density at radius 1 is 1.29 bits per heavy atom. The highest BCUT2D eigenvalue weighted by atomic mass is 79.9. The maximum absolute atomic E-state index is 4.15. The molecule has 0 aliphatic rings. The summed E-state index contributed by atoms with van der Waals surface area (Å²) < 4.78 is 1.01. The van der Waals surface area contributed by atoms with Gasteiger partial charge in [-0.25, -0.2) is 0 Å². The maximum atomic E-state index is 4.15. The molecule has 0 radical (unpaired) electrons. The normalized spacial score (nSPS) is 10.2. The van der Waals surface area contributed by atoms with Crippen molar-refractivity contribution in [2.45, 2.75) is 11.4 Å². The van der Waals surface area contributed by atoms with Gasteiger partial charge in [-0.2, -0.15) is 0 Å². The molecule has 0 fully saturated rings. The Labute approximate surface area is 114 Å². The molecular weight excluding hydrogens is 296 g/mol. The highest BCUT2D eigenvalue weighted by Crippen LogP contribution is 2.25. The number of halogens is 1. The molecule has 0 atom stereocenters. The predicted octanol–water partition coefficient (Wildman–Crippen LogP) is 4.18. The van der Waals surface area contributed by atoms with E-state index in [0.29, 0.717) is 0 Å². The van der Waals surface area contributed by atoms with Gasteiger partial charge in [0.05, 0.1) is 0 Å². The van der Waals surface area contributed by atoms with Gasteiger partial charge in [0.15, 0.2) is 0 Å². The van der Waals surface area contributed by atoms with Crippen molar-refractivity contribution in [1.29, 1.82) is 0 Å². The first-order valence-corrected chi connectivity index (χ1v) is 7.27. The molecule has 2 nitrogen and oxygen atoms in total. The van der Waals surface area contributed by atoms with E-state index >= 15 is 0 Å². The molecule has 1 heterocycles. The predicted molar refractivity (Wildman–Crippen MR) is 77.5 cm³/mol. The Balaban J connectivity index is 2.07.